The van der Waals surface area contributed by atoms with Gasteiger partial charge in [-0.15, -0.1) is 0 Å². The highest BCUT2D eigenvalue weighted by molar-refractivity contribution is 7.98. The lowest BCUT2D eigenvalue weighted by atomic mass is 10.2. The molecule has 0 aliphatic heterocycles. The number of rotatable bonds is 3. The van der Waals surface area contributed by atoms with E-state index in [1.807, 2.05) is 0 Å². The van der Waals surface area contributed by atoms with E-state index in [2.05, 4.69) is 0 Å². The van der Waals surface area contributed by atoms with E-state index >= 15 is 0 Å². The normalized spacial score (nSPS) is 27.0. The maximum absolute atomic E-state index is 1.59. The summed E-state index contributed by atoms with van der Waals surface area (Å²) in [5, 5.41) is 3.40. The molecule has 0 heterocycles. The highest BCUT2D eigenvalue weighted by atomic mass is 127. The van der Waals surface area contributed by atoms with E-state index in [9.17, 15) is 0 Å². The first-order valence-electron chi connectivity index (χ1n) is 10.7. The lowest BCUT2D eigenvalue weighted by Crippen LogP contribution is -3.00. The molecule has 0 bridgehead atoms. The molecule has 0 radical (unpaired) electrons. The summed E-state index contributed by atoms with van der Waals surface area (Å²) in [5.74, 6) is 0. The highest BCUT2D eigenvalue weighted by Gasteiger charge is 2.44. The smallest absolute Gasteiger partial charge is 0.118 e. The number of hydrogen-bond acceptors (Lipinski definition) is 0. The van der Waals surface area contributed by atoms with Crippen LogP contribution in [0.4, 0.5) is 0 Å². The topological polar surface area (TPSA) is 0 Å². The zero-order valence-corrected chi connectivity index (χ0v) is 18.2. The van der Waals surface area contributed by atoms with Crippen LogP contribution in [0.1, 0.15) is 116 Å². The van der Waals surface area contributed by atoms with Crippen molar-refractivity contribution in [3.8, 4) is 0 Å². The second-order valence-electron chi connectivity index (χ2n) is 8.25. The van der Waals surface area contributed by atoms with Crippen LogP contribution in [0.25, 0.3) is 0 Å². The van der Waals surface area contributed by atoms with Gasteiger partial charge in [0.15, 0.2) is 0 Å². The standard InChI is InChI=1S/C21H39S.HI/c1-2-8-14-19(13-7-1)22(20-15-9-3-4-10-16-20)21-17-11-5-6-12-18-21;/h19-21H,1-18H2;1H/q+1;/p-1. The summed E-state index contributed by atoms with van der Waals surface area (Å²) < 4.78 is 0. The van der Waals surface area contributed by atoms with E-state index < -0.39 is 0 Å². The summed E-state index contributed by atoms with van der Waals surface area (Å²) >= 11 is 0. The fourth-order valence-corrected chi connectivity index (χ4v) is 9.62. The fraction of sp³-hybridized carbons (Fsp3) is 1.00. The second-order valence-corrected chi connectivity index (χ2v) is 11.1. The Balaban J connectivity index is 0.00000192. The predicted octanol–water partition coefficient (Wildman–Crippen LogP) is 3.78. The van der Waals surface area contributed by atoms with Crippen LogP contribution in [0.5, 0.6) is 0 Å². The van der Waals surface area contributed by atoms with E-state index in [1.165, 1.54) is 38.5 Å². The summed E-state index contributed by atoms with van der Waals surface area (Å²) in [5.41, 5.74) is 0. The van der Waals surface area contributed by atoms with Crippen LogP contribution in [-0.4, -0.2) is 15.7 Å². The predicted molar refractivity (Wildman–Crippen MR) is 102 cm³/mol. The molecule has 3 fully saturated rings. The molecule has 2 heteroatoms. The molecule has 0 saturated heterocycles. The van der Waals surface area contributed by atoms with E-state index in [1.54, 1.807) is 77.0 Å². The Bertz CT molecular complexity index is 235. The van der Waals surface area contributed by atoms with Crippen LogP contribution < -0.4 is 24.0 Å². The minimum Gasteiger partial charge on any atom is -1.00 e. The van der Waals surface area contributed by atoms with E-state index in [0.717, 1.165) is 26.6 Å². The number of halogens is 1. The molecule has 23 heavy (non-hydrogen) atoms. The maximum Gasteiger partial charge on any atom is 0.118 e. The molecule has 0 spiro atoms. The third-order valence-corrected chi connectivity index (χ3v) is 10.3. The minimum atomic E-state index is 0. The van der Waals surface area contributed by atoms with E-state index in [4.69, 9.17) is 0 Å². The van der Waals surface area contributed by atoms with Gasteiger partial charge in [0, 0.05) is 0 Å². The molecular formula is C21H39IS. The third-order valence-electron chi connectivity index (χ3n) is 6.56. The average Bonchev–Trinajstić information content (AvgIpc) is 3.04. The van der Waals surface area contributed by atoms with Crippen molar-refractivity contribution in [1.82, 2.24) is 0 Å². The summed E-state index contributed by atoms with van der Waals surface area (Å²) in [7, 11) is 0.783. The molecule has 3 aliphatic carbocycles. The van der Waals surface area contributed by atoms with Crippen molar-refractivity contribution in [3.05, 3.63) is 0 Å². The summed E-state index contributed by atoms with van der Waals surface area (Å²) in [6.07, 6.45) is 28.0. The van der Waals surface area contributed by atoms with Gasteiger partial charge in [0.2, 0.25) is 0 Å². The summed E-state index contributed by atoms with van der Waals surface area (Å²) in [6, 6.07) is 0. The molecule has 0 aromatic heterocycles. The molecule has 3 saturated carbocycles. The largest absolute Gasteiger partial charge is 1.00 e. The lowest BCUT2D eigenvalue weighted by molar-refractivity contribution is -0.00000465. The molecule has 3 aliphatic rings. The van der Waals surface area contributed by atoms with Gasteiger partial charge in [-0.05, 0) is 87.9 Å². The first-order valence-corrected chi connectivity index (χ1v) is 12.1. The molecule has 0 aromatic rings. The van der Waals surface area contributed by atoms with Crippen molar-refractivity contribution in [1.29, 1.82) is 0 Å². The Morgan fingerprint density at radius 1 is 0.348 bits per heavy atom. The summed E-state index contributed by atoms with van der Waals surface area (Å²) in [4.78, 5) is 0. The maximum atomic E-state index is 1.59. The molecule has 0 atom stereocenters. The fourth-order valence-electron chi connectivity index (χ4n) is 5.36. The molecule has 0 aromatic carbocycles. The Hall–Kier alpha value is 1.08. The van der Waals surface area contributed by atoms with Gasteiger partial charge in [0.1, 0.15) is 15.7 Å². The van der Waals surface area contributed by atoms with Crippen molar-refractivity contribution in [2.45, 2.75) is 131 Å². The van der Waals surface area contributed by atoms with Crippen LogP contribution in [-0.2, 0) is 10.9 Å². The Kier molecular flexibility index (Phi) is 10.3. The van der Waals surface area contributed by atoms with Crippen LogP contribution in [0.2, 0.25) is 0 Å². The first-order chi connectivity index (χ1) is 10.9. The highest BCUT2D eigenvalue weighted by Crippen LogP contribution is 2.39. The second kappa shape index (κ2) is 11.6. The van der Waals surface area contributed by atoms with Crippen molar-refractivity contribution < 1.29 is 24.0 Å². The first kappa shape index (κ1) is 20.4. The van der Waals surface area contributed by atoms with Crippen LogP contribution in [0, 0.1) is 0 Å². The third kappa shape index (κ3) is 6.38. The van der Waals surface area contributed by atoms with E-state index in [-0.39, 0.29) is 24.0 Å². The average molecular weight is 451 g/mol. The van der Waals surface area contributed by atoms with Crippen molar-refractivity contribution in [3.63, 3.8) is 0 Å². The van der Waals surface area contributed by atoms with Crippen molar-refractivity contribution in [2.75, 3.05) is 0 Å². The van der Waals surface area contributed by atoms with Crippen molar-refractivity contribution in [2.24, 2.45) is 0 Å². The van der Waals surface area contributed by atoms with Crippen LogP contribution >= 0.6 is 0 Å². The molecule has 0 nitrogen and oxygen atoms in total. The summed E-state index contributed by atoms with van der Waals surface area (Å²) in [6.45, 7) is 0. The van der Waals surface area contributed by atoms with Crippen LogP contribution in [0.15, 0.2) is 0 Å². The van der Waals surface area contributed by atoms with Gasteiger partial charge >= 0.3 is 0 Å². The Morgan fingerprint density at radius 3 is 0.783 bits per heavy atom. The zero-order chi connectivity index (χ0) is 15.0. The van der Waals surface area contributed by atoms with Gasteiger partial charge in [0.05, 0.1) is 0 Å². The van der Waals surface area contributed by atoms with Gasteiger partial charge in [-0.3, -0.25) is 0 Å². The monoisotopic (exact) mass is 450 g/mol. The van der Waals surface area contributed by atoms with Gasteiger partial charge < -0.3 is 24.0 Å². The quantitative estimate of drug-likeness (QED) is 0.349. The van der Waals surface area contributed by atoms with Gasteiger partial charge in [-0.25, -0.2) is 0 Å². The van der Waals surface area contributed by atoms with Gasteiger partial charge in [0.25, 0.3) is 0 Å². The molecule has 3 rings (SSSR count). The number of hydrogen-bond donors (Lipinski definition) is 0. The Labute approximate surface area is 165 Å². The molecule has 0 amide bonds. The molecule has 0 N–H and O–H groups in total. The SMILES string of the molecule is C1CCCC([S+](C2CCCCCC2)C2CCCCCC2)CC1.[I-]. The molecular weight excluding hydrogens is 411 g/mol. The van der Waals surface area contributed by atoms with E-state index in [0.29, 0.717) is 0 Å². The van der Waals surface area contributed by atoms with Crippen molar-refractivity contribution >= 4 is 10.9 Å². The van der Waals surface area contributed by atoms with Gasteiger partial charge in [-0.2, -0.15) is 0 Å². The Morgan fingerprint density at radius 2 is 0.565 bits per heavy atom. The molecule has 0 unspecified atom stereocenters. The minimum absolute atomic E-state index is 0. The molecule has 136 valence electrons. The van der Waals surface area contributed by atoms with Crippen LogP contribution in [0.3, 0.4) is 0 Å². The van der Waals surface area contributed by atoms with Gasteiger partial charge in [-0.1, -0.05) is 38.5 Å². The zero-order valence-electron chi connectivity index (χ0n) is 15.2. The lowest BCUT2D eigenvalue weighted by Gasteiger charge is -2.30.